The van der Waals surface area contributed by atoms with Gasteiger partial charge in [0.2, 0.25) is 21.8 Å². The summed E-state index contributed by atoms with van der Waals surface area (Å²) in [5.41, 5.74) is -0.718. The van der Waals surface area contributed by atoms with Crippen molar-refractivity contribution in [2.45, 2.75) is 83.2 Å². The van der Waals surface area contributed by atoms with Crippen LogP contribution in [0.3, 0.4) is 0 Å². The van der Waals surface area contributed by atoms with E-state index in [4.69, 9.17) is 4.52 Å². The van der Waals surface area contributed by atoms with E-state index in [0.29, 0.717) is 36.9 Å². The maximum atomic E-state index is 12.5. The highest BCUT2D eigenvalue weighted by Gasteiger charge is 2.42. The van der Waals surface area contributed by atoms with Gasteiger partial charge in [0.15, 0.2) is 5.82 Å². The van der Waals surface area contributed by atoms with Crippen LogP contribution in [0.4, 0.5) is 0 Å². The van der Waals surface area contributed by atoms with E-state index < -0.39 is 27.2 Å². The molecule has 0 spiro atoms. The number of nitrogens with one attached hydrogen (secondary N) is 2. The first-order valence-electron chi connectivity index (χ1n) is 9.96. The molecule has 1 aromatic rings. The molecule has 0 atom stereocenters. The fraction of sp³-hybridized carbons (Fsp3) is 0.833. The van der Waals surface area contributed by atoms with Crippen molar-refractivity contribution in [3.05, 3.63) is 11.7 Å². The van der Waals surface area contributed by atoms with Crippen molar-refractivity contribution in [1.82, 2.24) is 20.2 Å². The molecule has 1 heterocycles. The Morgan fingerprint density at radius 3 is 2.48 bits per heavy atom. The molecule has 0 aliphatic heterocycles. The van der Waals surface area contributed by atoms with Crippen LogP contribution in [0.5, 0.6) is 0 Å². The maximum Gasteiger partial charge on any atom is 0.237 e. The topological polar surface area (TPSA) is 114 Å². The second-order valence-electron chi connectivity index (χ2n) is 8.04. The molecule has 9 heteroatoms. The van der Waals surface area contributed by atoms with Crippen LogP contribution in [-0.4, -0.2) is 36.3 Å². The predicted molar refractivity (Wildman–Crippen MR) is 100 cm³/mol. The van der Waals surface area contributed by atoms with Gasteiger partial charge >= 0.3 is 0 Å². The first kappa shape index (κ1) is 20.3. The summed E-state index contributed by atoms with van der Waals surface area (Å²) in [7, 11) is -3.67. The summed E-state index contributed by atoms with van der Waals surface area (Å²) in [5, 5.41) is 6.93. The van der Waals surface area contributed by atoms with Crippen molar-refractivity contribution in [1.29, 1.82) is 0 Å². The molecule has 2 fully saturated rings. The highest BCUT2D eigenvalue weighted by atomic mass is 32.2. The maximum absolute atomic E-state index is 12.5. The number of aryl methyl sites for hydroxylation is 1. The number of amides is 1. The molecule has 0 radical (unpaired) electrons. The van der Waals surface area contributed by atoms with Crippen molar-refractivity contribution < 1.29 is 17.7 Å². The molecule has 152 valence electrons. The average Bonchev–Trinajstić information content (AvgIpc) is 3.26. The third-order valence-corrected chi connectivity index (χ3v) is 7.05. The van der Waals surface area contributed by atoms with Crippen LogP contribution in [-0.2, 0) is 26.8 Å². The molecule has 8 nitrogen and oxygen atoms in total. The number of carbonyl (C=O) groups excluding carboxylic acids is 1. The second-order valence-corrected chi connectivity index (χ2v) is 9.79. The van der Waals surface area contributed by atoms with Gasteiger partial charge in [-0.25, -0.2) is 13.1 Å². The number of nitrogens with zero attached hydrogens (tertiary/aromatic N) is 2. The second kappa shape index (κ2) is 8.26. The summed E-state index contributed by atoms with van der Waals surface area (Å²) in [4.78, 5) is 16.9. The Morgan fingerprint density at radius 1 is 1.22 bits per heavy atom. The fourth-order valence-corrected chi connectivity index (χ4v) is 5.37. The number of carbonyl (C=O) groups is 1. The van der Waals surface area contributed by atoms with Gasteiger partial charge in [0.25, 0.3) is 0 Å². The van der Waals surface area contributed by atoms with E-state index in [9.17, 15) is 13.2 Å². The molecule has 3 rings (SSSR count). The molecular formula is C18H30N4O4S. The minimum atomic E-state index is -3.67. The molecule has 27 heavy (non-hydrogen) atoms. The van der Waals surface area contributed by atoms with Gasteiger partial charge in [0, 0.05) is 12.5 Å². The zero-order valence-corrected chi connectivity index (χ0v) is 17.0. The van der Waals surface area contributed by atoms with Crippen LogP contribution >= 0.6 is 0 Å². The summed E-state index contributed by atoms with van der Waals surface area (Å²) in [6, 6.07) is -0.0660. The molecule has 0 aromatic carbocycles. The van der Waals surface area contributed by atoms with E-state index in [1.165, 1.54) is 0 Å². The van der Waals surface area contributed by atoms with Crippen LogP contribution < -0.4 is 10.0 Å². The summed E-state index contributed by atoms with van der Waals surface area (Å²) >= 11 is 0. The monoisotopic (exact) mass is 398 g/mol. The minimum absolute atomic E-state index is 0.0660. The minimum Gasteiger partial charge on any atom is -0.342 e. The van der Waals surface area contributed by atoms with E-state index in [-0.39, 0.29) is 6.04 Å². The van der Waals surface area contributed by atoms with E-state index in [1.54, 1.807) is 0 Å². The molecule has 2 aliphatic carbocycles. The van der Waals surface area contributed by atoms with Crippen molar-refractivity contribution >= 4 is 15.9 Å². The van der Waals surface area contributed by atoms with E-state index in [0.717, 1.165) is 38.5 Å². The molecule has 0 bridgehead atoms. The molecule has 1 amide bonds. The number of rotatable bonds is 7. The van der Waals surface area contributed by atoms with Crippen molar-refractivity contribution in [3.63, 3.8) is 0 Å². The largest absolute Gasteiger partial charge is 0.342 e. The number of aromatic nitrogens is 2. The third kappa shape index (κ3) is 5.07. The number of sulfonamides is 1. The van der Waals surface area contributed by atoms with Crippen LogP contribution in [0, 0.1) is 5.92 Å². The average molecular weight is 399 g/mol. The highest BCUT2D eigenvalue weighted by molar-refractivity contribution is 7.90. The van der Waals surface area contributed by atoms with E-state index in [1.807, 2.05) is 6.92 Å². The third-order valence-electron chi connectivity index (χ3n) is 5.72. The summed E-state index contributed by atoms with van der Waals surface area (Å²) in [6.45, 7) is 4.10. The lowest BCUT2D eigenvalue weighted by Crippen LogP contribution is -2.49. The first-order chi connectivity index (χ1) is 12.8. The van der Waals surface area contributed by atoms with Crippen LogP contribution in [0.25, 0.3) is 0 Å². The summed E-state index contributed by atoms with van der Waals surface area (Å²) < 4.78 is 32.8. The van der Waals surface area contributed by atoms with Gasteiger partial charge in [-0.1, -0.05) is 31.8 Å². The Balaban J connectivity index is 1.62. The van der Waals surface area contributed by atoms with Gasteiger partial charge < -0.3 is 9.84 Å². The standard InChI is InChI=1S/C18H30N4O4S/c1-3-16-19-17(21-26-16)18(10-4-5-11-18)20-15(23)12-27(24,25)22-14-8-6-13(2)7-9-14/h13-14,22H,3-12H2,1-2H3,(H,20,23). The Labute approximate surface area is 160 Å². The van der Waals surface area contributed by atoms with Gasteiger partial charge in [-0.15, -0.1) is 0 Å². The molecular weight excluding hydrogens is 368 g/mol. The van der Waals surface area contributed by atoms with Gasteiger partial charge in [-0.2, -0.15) is 4.98 Å². The zero-order valence-electron chi connectivity index (χ0n) is 16.2. The van der Waals surface area contributed by atoms with Crippen molar-refractivity contribution in [2.24, 2.45) is 5.92 Å². The highest BCUT2D eigenvalue weighted by Crippen LogP contribution is 2.37. The van der Waals surface area contributed by atoms with Crippen molar-refractivity contribution in [2.75, 3.05) is 5.75 Å². The smallest absolute Gasteiger partial charge is 0.237 e. The van der Waals surface area contributed by atoms with Gasteiger partial charge in [-0.05, 0) is 44.4 Å². The molecule has 0 unspecified atom stereocenters. The Morgan fingerprint density at radius 2 is 1.89 bits per heavy atom. The fourth-order valence-electron chi connectivity index (χ4n) is 4.12. The van der Waals surface area contributed by atoms with Crippen LogP contribution in [0.2, 0.25) is 0 Å². The zero-order chi connectivity index (χ0) is 19.5. The lowest BCUT2D eigenvalue weighted by atomic mass is 9.88. The lowest BCUT2D eigenvalue weighted by Gasteiger charge is -2.28. The van der Waals surface area contributed by atoms with E-state index >= 15 is 0 Å². The lowest BCUT2D eigenvalue weighted by molar-refractivity contribution is -0.120. The molecule has 2 N–H and O–H groups in total. The van der Waals surface area contributed by atoms with Crippen LogP contribution in [0.15, 0.2) is 4.52 Å². The first-order valence-corrected chi connectivity index (χ1v) is 11.6. The summed E-state index contributed by atoms with van der Waals surface area (Å²) in [6.07, 6.45) is 7.55. The SMILES string of the molecule is CCc1nc(C2(NC(=O)CS(=O)(=O)NC3CCC(C)CC3)CCCC2)no1. The number of hydrogen-bond donors (Lipinski definition) is 2. The Kier molecular flexibility index (Phi) is 6.20. The quantitative estimate of drug-likeness (QED) is 0.726. The van der Waals surface area contributed by atoms with Gasteiger partial charge in [0.1, 0.15) is 11.3 Å². The van der Waals surface area contributed by atoms with Gasteiger partial charge in [-0.3, -0.25) is 4.79 Å². The Hall–Kier alpha value is -1.48. The molecule has 2 saturated carbocycles. The number of hydrogen-bond acceptors (Lipinski definition) is 6. The van der Waals surface area contributed by atoms with Gasteiger partial charge in [0.05, 0.1) is 0 Å². The van der Waals surface area contributed by atoms with Crippen LogP contribution in [0.1, 0.15) is 76.9 Å². The molecule has 0 saturated heterocycles. The summed E-state index contributed by atoms with van der Waals surface area (Å²) in [5.74, 6) is 0.526. The Bertz CT molecular complexity index is 747. The normalized spacial score (nSPS) is 25.4. The molecule has 1 aromatic heterocycles. The predicted octanol–water partition coefficient (Wildman–Crippen LogP) is 2.02. The molecule has 2 aliphatic rings. The van der Waals surface area contributed by atoms with Crippen molar-refractivity contribution in [3.8, 4) is 0 Å². The van der Waals surface area contributed by atoms with E-state index in [2.05, 4.69) is 27.1 Å².